The summed E-state index contributed by atoms with van der Waals surface area (Å²) in [4.78, 5) is 29.2. The van der Waals surface area contributed by atoms with Crippen molar-refractivity contribution in [2.24, 2.45) is 5.41 Å². The van der Waals surface area contributed by atoms with E-state index in [4.69, 9.17) is 4.42 Å². The SMILES string of the molecule is CCCCSCc1cc(C(=O)N2CC[C@]3(CCCN(C)C3=O)C2)oc1C. The number of hydrogen-bond donors (Lipinski definition) is 0. The summed E-state index contributed by atoms with van der Waals surface area (Å²) in [6.45, 7) is 6.11. The summed E-state index contributed by atoms with van der Waals surface area (Å²) >= 11 is 1.89. The van der Waals surface area contributed by atoms with Gasteiger partial charge in [-0.25, -0.2) is 0 Å². The summed E-state index contributed by atoms with van der Waals surface area (Å²) < 4.78 is 5.77. The van der Waals surface area contributed by atoms with Gasteiger partial charge in [0.05, 0.1) is 5.41 Å². The van der Waals surface area contributed by atoms with Gasteiger partial charge in [-0.2, -0.15) is 11.8 Å². The highest BCUT2D eigenvalue weighted by Gasteiger charge is 2.49. The number of thioether (sulfide) groups is 1. The van der Waals surface area contributed by atoms with Gasteiger partial charge in [0.2, 0.25) is 5.91 Å². The second-order valence-electron chi connectivity index (χ2n) is 7.69. The maximum absolute atomic E-state index is 12.9. The number of unbranched alkanes of at least 4 members (excludes halogenated alkanes) is 1. The van der Waals surface area contributed by atoms with Crippen LogP contribution in [0.3, 0.4) is 0 Å². The Morgan fingerprint density at radius 1 is 1.35 bits per heavy atom. The lowest BCUT2D eigenvalue weighted by molar-refractivity contribution is -0.143. The number of piperidine rings is 1. The molecule has 2 fully saturated rings. The predicted octanol–water partition coefficient (Wildman–Crippen LogP) is 3.71. The summed E-state index contributed by atoms with van der Waals surface area (Å²) in [6.07, 6.45) is 5.08. The maximum Gasteiger partial charge on any atom is 0.289 e. The fraction of sp³-hybridized carbons (Fsp3) is 0.700. The Morgan fingerprint density at radius 3 is 2.92 bits per heavy atom. The molecule has 0 N–H and O–H groups in total. The Bertz CT molecular complexity index is 672. The first-order chi connectivity index (χ1) is 12.5. The Labute approximate surface area is 160 Å². The molecule has 0 unspecified atom stereocenters. The molecule has 0 aliphatic carbocycles. The number of rotatable bonds is 6. The molecule has 0 saturated carbocycles. The van der Waals surface area contributed by atoms with Crippen LogP contribution in [0.25, 0.3) is 0 Å². The first-order valence-electron chi connectivity index (χ1n) is 9.69. The summed E-state index contributed by atoms with van der Waals surface area (Å²) in [5.74, 6) is 3.39. The minimum absolute atomic E-state index is 0.0733. The van der Waals surface area contributed by atoms with E-state index in [0.29, 0.717) is 18.8 Å². The minimum Gasteiger partial charge on any atom is -0.456 e. The van der Waals surface area contributed by atoms with Crippen molar-refractivity contribution >= 4 is 23.6 Å². The fourth-order valence-electron chi connectivity index (χ4n) is 4.05. The largest absolute Gasteiger partial charge is 0.456 e. The molecule has 2 aliphatic rings. The maximum atomic E-state index is 12.9. The van der Waals surface area contributed by atoms with Crippen LogP contribution in [0.1, 0.15) is 60.9 Å². The Balaban J connectivity index is 1.64. The fourth-order valence-corrected chi connectivity index (χ4v) is 5.19. The lowest BCUT2D eigenvalue weighted by Gasteiger charge is -2.37. The zero-order chi connectivity index (χ0) is 18.7. The van der Waals surface area contributed by atoms with Crippen LogP contribution in [0.2, 0.25) is 0 Å². The molecule has 1 spiro atoms. The van der Waals surface area contributed by atoms with Crippen LogP contribution in [-0.2, 0) is 10.5 Å². The quantitative estimate of drug-likeness (QED) is 0.708. The van der Waals surface area contributed by atoms with E-state index in [0.717, 1.165) is 48.6 Å². The molecular formula is C20H30N2O3S. The predicted molar refractivity (Wildman–Crippen MR) is 104 cm³/mol. The average molecular weight is 379 g/mol. The van der Waals surface area contributed by atoms with Crippen molar-refractivity contribution in [1.29, 1.82) is 0 Å². The number of aryl methyl sites for hydroxylation is 1. The molecule has 6 heteroatoms. The zero-order valence-electron chi connectivity index (χ0n) is 16.2. The molecular weight excluding hydrogens is 348 g/mol. The van der Waals surface area contributed by atoms with Crippen LogP contribution in [-0.4, -0.2) is 54.0 Å². The monoisotopic (exact) mass is 378 g/mol. The van der Waals surface area contributed by atoms with E-state index in [2.05, 4.69) is 6.92 Å². The summed E-state index contributed by atoms with van der Waals surface area (Å²) in [5, 5.41) is 0. The van der Waals surface area contributed by atoms with Crippen LogP contribution in [0.4, 0.5) is 0 Å². The van der Waals surface area contributed by atoms with Crippen molar-refractivity contribution in [3.63, 3.8) is 0 Å². The van der Waals surface area contributed by atoms with Crippen molar-refractivity contribution in [3.05, 3.63) is 23.2 Å². The first-order valence-corrected chi connectivity index (χ1v) is 10.8. The lowest BCUT2D eigenvalue weighted by atomic mass is 9.78. The summed E-state index contributed by atoms with van der Waals surface area (Å²) in [5.41, 5.74) is 0.736. The number of furan rings is 1. The molecule has 0 aromatic carbocycles. The molecule has 2 aliphatic heterocycles. The van der Waals surface area contributed by atoms with E-state index in [1.165, 1.54) is 12.8 Å². The molecule has 0 bridgehead atoms. The number of nitrogens with zero attached hydrogens (tertiary/aromatic N) is 2. The highest BCUT2D eigenvalue weighted by molar-refractivity contribution is 7.98. The van der Waals surface area contributed by atoms with E-state index in [-0.39, 0.29) is 17.2 Å². The molecule has 2 amide bonds. The second-order valence-corrected chi connectivity index (χ2v) is 8.79. The molecule has 1 aromatic heterocycles. The second kappa shape index (κ2) is 8.07. The topological polar surface area (TPSA) is 53.8 Å². The number of carbonyl (C=O) groups excluding carboxylic acids is 2. The molecule has 144 valence electrons. The molecule has 1 atom stereocenters. The van der Waals surface area contributed by atoms with Gasteiger partial charge in [0, 0.05) is 38.0 Å². The zero-order valence-corrected chi connectivity index (χ0v) is 17.0. The van der Waals surface area contributed by atoms with Crippen LogP contribution in [0.15, 0.2) is 10.5 Å². The van der Waals surface area contributed by atoms with Crippen molar-refractivity contribution in [1.82, 2.24) is 9.80 Å². The van der Waals surface area contributed by atoms with E-state index >= 15 is 0 Å². The number of likely N-dealkylation sites (tertiary alicyclic amines) is 2. The smallest absolute Gasteiger partial charge is 0.289 e. The molecule has 1 aromatic rings. The normalized spacial score (nSPS) is 23.3. The van der Waals surface area contributed by atoms with Crippen LogP contribution in [0, 0.1) is 12.3 Å². The molecule has 0 radical (unpaired) electrons. The number of amides is 2. The van der Waals surface area contributed by atoms with E-state index in [1.54, 1.807) is 0 Å². The number of hydrogen-bond acceptors (Lipinski definition) is 4. The van der Waals surface area contributed by atoms with Gasteiger partial charge in [-0.05, 0) is 44.4 Å². The molecule has 26 heavy (non-hydrogen) atoms. The van der Waals surface area contributed by atoms with Crippen molar-refractivity contribution < 1.29 is 14.0 Å². The molecule has 3 heterocycles. The standard InChI is InChI=1S/C20H30N2O3S/c1-4-5-11-26-13-16-12-17(25-15(16)2)18(23)22-10-8-20(14-22)7-6-9-21(3)19(20)24/h12H,4-11,13-14H2,1-3H3/t20-/m1/s1. The van der Waals surface area contributed by atoms with Gasteiger partial charge < -0.3 is 14.2 Å². The van der Waals surface area contributed by atoms with Crippen LogP contribution in [0.5, 0.6) is 0 Å². The molecule has 3 rings (SSSR count). The third-order valence-corrected chi connectivity index (χ3v) is 6.81. The van der Waals surface area contributed by atoms with Crippen molar-refractivity contribution in [2.45, 2.75) is 51.7 Å². The van der Waals surface area contributed by atoms with Crippen molar-refractivity contribution in [3.8, 4) is 0 Å². The highest BCUT2D eigenvalue weighted by Crippen LogP contribution is 2.40. The summed E-state index contributed by atoms with van der Waals surface area (Å²) in [6, 6.07) is 1.90. The lowest BCUT2D eigenvalue weighted by Crippen LogP contribution is -2.48. The Kier molecular flexibility index (Phi) is 6.00. The first kappa shape index (κ1) is 19.3. The van der Waals surface area contributed by atoms with Gasteiger partial charge in [-0.15, -0.1) is 0 Å². The molecule has 5 nitrogen and oxygen atoms in total. The highest BCUT2D eigenvalue weighted by atomic mass is 32.2. The van der Waals surface area contributed by atoms with E-state index < -0.39 is 0 Å². The van der Waals surface area contributed by atoms with Gasteiger partial charge in [-0.1, -0.05) is 13.3 Å². The van der Waals surface area contributed by atoms with E-state index in [1.807, 2.05) is 41.6 Å². The van der Waals surface area contributed by atoms with Gasteiger partial charge in [0.15, 0.2) is 5.76 Å². The summed E-state index contributed by atoms with van der Waals surface area (Å²) in [7, 11) is 1.87. The van der Waals surface area contributed by atoms with Gasteiger partial charge in [0.25, 0.3) is 5.91 Å². The Hall–Kier alpha value is -1.43. The Morgan fingerprint density at radius 2 is 2.15 bits per heavy atom. The minimum atomic E-state index is -0.372. The van der Waals surface area contributed by atoms with Crippen LogP contribution < -0.4 is 0 Å². The van der Waals surface area contributed by atoms with Crippen molar-refractivity contribution in [2.75, 3.05) is 32.4 Å². The number of carbonyl (C=O) groups is 2. The van der Waals surface area contributed by atoms with Gasteiger partial charge in [0.1, 0.15) is 5.76 Å². The average Bonchev–Trinajstić information content (AvgIpc) is 3.21. The van der Waals surface area contributed by atoms with Gasteiger partial charge >= 0.3 is 0 Å². The van der Waals surface area contributed by atoms with Gasteiger partial charge in [-0.3, -0.25) is 9.59 Å². The van der Waals surface area contributed by atoms with E-state index in [9.17, 15) is 9.59 Å². The third kappa shape index (κ3) is 3.80. The third-order valence-electron chi connectivity index (χ3n) is 5.72. The molecule has 2 saturated heterocycles. The van der Waals surface area contributed by atoms with Crippen LogP contribution >= 0.6 is 11.8 Å².